The molecule has 0 radical (unpaired) electrons. The topological polar surface area (TPSA) is 88.5 Å². The maximum absolute atomic E-state index is 12.4. The predicted molar refractivity (Wildman–Crippen MR) is 104 cm³/mol. The van der Waals surface area contributed by atoms with E-state index in [1.54, 1.807) is 5.38 Å². The van der Waals surface area contributed by atoms with Crippen LogP contribution >= 0.6 is 11.3 Å². The first-order valence-electron chi connectivity index (χ1n) is 9.06. The van der Waals surface area contributed by atoms with Crippen LogP contribution in [0.5, 0.6) is 0 Å². The van der Waals surface area contributed by atoms with Gasteiger partial charge in [0, 0.05) is 30.7 Å². The first-order valence-corrected chi connectivity index (χ1v) is 9.94. The Balaban J connectivity index is 1.67. The van der Waals surface area contributed by atoms with Crippen LogP contribution in [0.1, 0.15) is 48.7 Å². The second kappa shape index (κ2) is 8.19. The minimum absolute atomic E-state index is 0.0838. The number of carbonyl (C=O) groups is 2. The fraction of sp³-hybridized carbons (Fsp3) is 0.450. The van der Waals surface area contributed by atoms with Gasteiger partial charge in [0.2, 0.25) is 0 Å². The summed E-state index contributed by atoms with van der Waals surface area (Å²) in [4.78, 5) is 28.5. The average molecular weight is 388 g/mol. The van der Waals surface area contributed by atoms with Crippen molar-refractivity contribution in [2.45, 2.75) is 32.6 Å². The third-order valence-electron chi connectivity index (χ3n) is 5.05. The summed E-state index contributed by atoms with van der Waals surface area (Å²) in [7, 11) is 0. The van der Waals surface area contributed by atoms with Crippen LogP contribution < -0.4 is 5.32 Å². The maximum Gasteiger partial charge on any atom is 0.311 e. The lowest BCUT2D eigenvalue weighted by atomic mass is 9.80. The van der Waals surface area contributed by atoms with Crippen LogP contribution in [0, 0.1) is 5.41 Å². The molecular formula is C20H24N2O4S. The summed E-state index contributed by atoms with van der Waals surface area (Å²) in [5.41, 5.74) is 1.58. The molecule has 2 N–H and O–H groups in total. The number of carbonyl (C=O) groups excluding carboxylic acids is 1. The fourth-order valence-electron chi connectivity index (χ4n) is 3.09. The number of carboxylic acids is 1. The second-order valence-corrected chi connectivity index (χ2v) is 8.05. The van der Waals surface area contributed by atoms with Gasteiger partial charge in [-0.05, 0) is 24.3 Å². The molecule has 1 aromatic carbocycles. The molecule has 1 aromatic heterocycles. The third kappa shape index (κ3) is 4.36. The molecule has 1 amide bonds. The normalized spacial score (nSPS) is 16.3. The molecule has 6 nitrogen and oxygen atoms in total. The molecule has 0 aliphatic carbocycles. The molecule has 0 spiro atoms. The van der Waals surface area contributed by atoms with Crippen LogP contribution in [-0.2, 0) is 9.53 Å². The number of carboxylic acid groups (broad SMARTS) is 1. The second-order valence-electron chi connectivity index (χ2n) is 7.20. The molecule has 144 valence electrons. The van der Waals surface area contributed by atoms with E-state index in [9.17, 15) is 14.7 Å². The minimum Gasteiger partial charge on any atom is -0.481 e. The molecule has 0 saturated carbocycles. The SMILES string of the molecule is CC(C)c1ccc(-c2nc(C(=O)NCC3(C(=O)O)CCOCC3)cs2)cc1. The Morgan fingerprint density at radius 2 is 1.93 bits per heavy atom. The Bertz CT molecular complexity index is 808. The van der Waals surface area contributed by atoms with Crippen molar-refractivity contribution < 1.29 is 19.4 Å². The summed E-state index contributed by atoms with van der Waals surface area (Å²) in [5, 5.41) is 14.8. The van der Waals surface area contributed by atoms with Gasteiger partial charge in [-0.1, -0.05) is 38.1 Å². The van der Waals surface area contributed by atoms with Crippen molar-refractivity contribution in [3.63, 3.8) is 0 Å². The number of nitrogens with zero attached hydrogens (tertiary/aromatic N) is 1. The Kier molecular flexibility index (Phi) is 5.92. The predicted octanol–water partition coefficient (Wildman–Crippen LogP) is 3.54. The third-order valence-corrected chi connectivity index (χ3v) is 5.94. The zero-order valence-corrected chi connectivity index (χ0v) is 16.3. The van der Waals surface area contributed by atoms with Crippen LogP contribution in [0.25, 0.3) is 10.6 Å². The van der Waals surface area contributed by atoms with Crippen LogP contribution in [0.4, 0.5) is 0 Å². The first kappa shape index (κ1) is 19.5. The lowest BCUT2D eigenvalue weighted by molar-refractivity contribution is -0.154. The van der Waals surface area contributed by atoms with Gasteiger partial charge in [-0.15, -0.1) is 11.3 Å². The Morgan fingerprint density at radius 3 is 2.52 bits per heavy atom. The number of nitrogens with one attached hydrogen (secondary N) is 1. The van der Waals surface area contributed by atoms with E-state index in [1.165, 1.54) is 16.9 Å². The average Bonchev–Trinajstić information content (AvgIpc) is 3.17. The molecule has 0 bridgehead atoms. The first-order chi connectivity index (χ1) is 12.9. The van der Waals surface area contributed by atoms with Crippen LogP contribution in [0.3, 0.4) is 0 Å². The molecule has 1 fully saturated rings. The lowest BCUT2D eigenvalue weighted by Gasteiger charge is -2.32. The van der Waals surface area contributed by atoms with Crippen molar-refractivity contribution in [3.05, 3.63) is 40.9 Å². The van der Waals surface area contributed by atoms with E-state index in [0.717, 1.165) is 10.6 Å². The van der Waals surface area contributed by atoms with Crippen LogP contribution in [0.15, 0.2) is 29.6 Å². The van der Waals surface area contributed by atoms with Crippen molar-refractivity contribution in [2.75, 3.05) is 19.8 Å². The van der Waals surface area contributed by atoms with Crippen molar-refractivity contribution in [1.29, 1.82) is 0 Å². The van der Waals surface area contributed by atoms with Crippen molar-refractivity contribution in [2.24, 2.45) is 5.41 Å². The highest BCUT2D eigenvalue weighted by Crippen LogP contribution is 2.30. The molecule has 2 aromatic rings. The van der Waals surface area contributed by atoms with Gasteiger partial charge in [-0.2, -0.15) is 0 Å². The van der Waals surface area contributed by atoms with Crippen LogP contribution in [0.2, 0.25) is 0 Å². The van der Waals surface area contributed by atoms with Gasteiger partial charge in [-0.3, -0.25) is 9.59 Å². The van der Waals surface area contributed by atoms with Gasteiger partial charge in [0.15, 0.2) is 0 Å². The number of thiazole rings is 1. The zero-order valence-electron chi connectivity index (χ0n) is 15.5. The van der Waals surface area contributed by atoms with E-state index in [2.05, 4.69) is 36.3 Å². The summed E-state index contributed by atoms with van der Waals surface area (Å²) in [6, 6.07) is 8.17. The highest BCUT2D eigenvalue weighted by atomic mass is 32.1. The number of ether oxygens (including phenoxy) is 1. The molecular weight excluding hydrogens is 364 g/mol. The van der Waals surface area contributed by atoms with E-state index in [1.807, 2.05) is 12.1 Å². The largest absolute Gasteiger partial charge is 0.481 e. The van der Waals surface area contributed by atoms with E-state index in [4.69, 9.17) is 4.74 Å². The molecule has 0 atom stereocenters. The minimum atomic E-state index is -0.959. The van der Waals surface area contributed by atoms with E-state index in [-0.39, 0.29) is 12.5 Å². The summed E-state index contributed by atoms with van der Waals surface area (Å²) in [6.07, 6.45) is 0.792. The monoisotopic (exact) mass is 388 g/mol. The maximum atomic E-state index is 12.4. The van der Waals surface area contributed by atoms with Crippen molar-refractivity contribution >= 4 is 23.2 Å². The molecule has 0 unspecified atom stereocenters. The standard InChI is InChI=1S/C20H24N2O4S/c1-13(2)14-3-5-15(6-4-14)18-22-16(11-27-18)17(23)21-12-20(19(24)25)7-9-26-10-8-20/h3-6,11,13H,7-10,12H2,1-2H3,(H,21,23)(H,24,25). The number of rotatable bonds is 6. The zero-order chi connectivity index (χ0) is 19.4. The summed E-state index contributed by atoms with van der Waals surface area (Å²) in [6.45, 7) is 5.16. The highest BCUT2D eigenvalue weighted by Gasteiger charge is 2.40. The van der Waals surface area contributed by atoms with Gasteiger partial charge in [0.05, 0.1) is 5.41 Å². The fourth-order valence-corrected chi connectivity index (χ4v) is 3.90. The van der Waals surface area contributed by atoms with Gasteiger partial charge in [-0.25, -0.2) is 4.98 Å². The van der Waals surface area contributed by atoms with Gasteiger partial charge >= 0.3 is 5.97 Å². The van der Waals surface area contributed by atoms with E-state index >= 15 is 0 Å². The number of aromatic nitrogens is 1. The number of amides is 1. The highest BCUT2D eigenvalue weighted by molar-refractivity contribution is 7.13. The molecule has 2 heterocycles. The summed E-state index contributed by atoms with van der Waals surface area (Å²) in [5.74, 6) is -0.776. The van der Waals surface area contributed by atoms with Crippen molar-refractivity contribution in [3.8, 4) is 10.6 Å². The molecule has 3 rings (SSSR count). The Labute approximate surface area is 162 Å². The summed E-state index contributed by atoms with van der Waals surface area (Å²) >= 11 is 1.40. The Hall–Kier alpha value is -2.25. The number of aliphatic carboxylic acids is 1. The molecule has 1 aliphatic heterocycles. The van der Waals surface area contributed by atoms with Crippen LogP contribution in [-0.4, -0.2) is 41.7 Å². The molecule has 7 heteroatoms. The van der Waals surface area contributed by atoms with Crippen molar-refractivity contribution in [1.82, 2.24) is 10.3 Å². The van der Waals surface area contributed by atoms with E-state index in [0.29, 0.717) is 37.7 Å². The number of hydrogen-bond donors (Lipinski definition) is 2. The smallest absolute Gasteiger partial charge is 0.311 e. The lowest BCUT2D eigenvalue weighted by Crippen LogP contribution is -2.46. The number of hydrogen-bond acceptors (Lipinski definition) is 5. The molecule has 1 saturated heterocycles. The van der Waals surface area contributed by atoms with Gasteiger partial charge in [0.25, 0.3) is 5.91 Å². The van der Waals surface area contributed by atoms with Gasteiger partial charge < -0.3 is 15.2 Å². The number of benzene rings is 1. The summed E-state index contributed by atoms with van der Waals surface area (Å²) < 4.78 is 5.26. The molecule has 27 heavy (non-hydrogen) atoms. The Morgan fingerprint density at radius 1 is 1.26 bits per heavy atom. The molecule has 1 aliphatic rings. The van der Waals surface area contributed by atoms with Gasteiger partial charge in [0.1, 0.15) is 10.7 Å². The quantitative estimate of drug-likeness (QED) is 0.790. The van der Waals surface area contributed by atoms with E-state index < -0.39 is 11.4 Å².